The molecule has 0 bridgehead atoms. The third kappa shape index (κ3) is 2.46. The minimum absolute atomic E-state index is 0.174. The van der Waals surface area contributed by atoms with Gasteiger partial charge in [-0.3, -0.25) is 0 Å². The predicted molar refractivity (Wildman–Crippen MR) is 64.7 cm³/mol. The van der Waals surface area contributed by atoms with Crippen LogP contribution in [-0.2, 0) is 6.54 Å². The number of hydrogen-bond donors (Lipinski definition) is 1. The quantitative estimate of drug-likeness (QED) is 0.867. The van der Waals surface area contributed by atoms with Gasteiger partial charge in [-0.2, -0.15) is 0 Å². The van der Waals surface area contributed by atoms with E-state index in [-0.39, 0.29) is 12.1 Å². The van der Waals surface area contributed by atoms with E-state index in [0.29, 0.717) is 10.6 Å². The van der Waals surface area contributed by atoms with Crippen LogP contribution in [0.2, 0.25) is 5.02 Å². The molecule has 0 heterocycles. The summed E-state index contributed by atoms with van der Waals surface area (Å²) < 4.78 is 26.8. The van der Waals surface area contributed by atoms with Crippen molar-refractivity contribution < 1.29 is 8.78 Å². The van der Waals surface area contributed by atoms with Crippen molar-refractivity contribution in [2.45, 2.75) is 6.54 Å². The Morgan fingerprint density at radius 1 is 1.00 bits per heavy atom. The molecule has 0 fully saturated rings. The van der Waals surface area contributed by atoms with Crippen molar-refractivity contribution in [2.75, 3.05) is 0 Å². The lowest BCUT2D eigenvalue weighted by Gasteiger charge is -2.09. The summed E-state index contributed by atoms with van der Waals surface area (Å²) in [7, 11) is 0. The van der Waals surface area contributed by atoms with Crippen molar-refractivity contribution in [1.82, 2.24) is 0 Å². The molecule has 0 aliphatic rings. The van der Waals surface area contributed by atoms with Crippen LogP contribution in [0, 0.1) is 11.6 Å². The molecular weight excluding hydrogens is 244 g/mol. The first kappa shape index (κ1) is 12.0. The molecule has 17 heavy (non-hydrogen) atoms. The summed E-state index contributed by atoms with van der Waals surface area (Å²) >= 11 is 5.86. The number of halogens is 3. The SMILES string of the molecule is NCc1ccc(Cl)cc1-c1cc(F)ccc1F. The third-order valence-corrected chi connectivity index (χ3v) is 2.75. The maximum Gasteiger partial charge on any atom is 0.131 e. The van der Waals surface area contributed by atoms with E-state index >= 15 is 0 Å². The normalized spacial score (nSPS) is 10.6. The van der Waals surface area contributed by atoms with Crippen molar-refractivity contribution in [3.63, 3.8) is 0 Å². The van der Waals surface area contributed by atoms with Crippen molar-refractivity contribution in [1.29, 1.82) is 0 Å². The van der Waals surface area contributed by atoms with Crippen molar-refractivity contribution in [3.05, 3.63) is 58.6 Å². The molecule has 2 aromatic carbocycles. The summed E-state index contributed by atoms with van der Waals surface area (Å²) in [4.78, 5) is 0. The highest BCUT2D eigenvalue weighted by Gasteiger charge is 2.10. The van der Waals surface area contributed by atoms with Gasteiger partial charge in [0, 0.05) is 17.1 Å². The molecule has 2 N–H and O–H groups in total. The van der Waals surface area contributed by atoms with Crippen molar-refractivity contribution >= 4 is 11.6 Å². The molecular formula is C13H10ClF2N. The maximum atomic E-state index is 13.7. The minimum Gasteiger partial charge on any atom is -0.326 e. The lowest BCUT2D eigenvalue weighted by molar-refractivity contribution is 0.603. The summed E-state index contributed by atoms with van der Waals surface area (Å²) in [5.41, 5.74) is 6.99. The van der Waals surface area contributed by atoms with Gasteiger partial charge in [0.15, 0.2) is 0 Å². The molecule has 0 aromatic heterocycles. The van der Waals surface area contributed by atoms with E-state index in [2.05, 4.69) is 0 Å². The van der Waals surface area contributed by atoms with Gasteiger partial charge in [-0.05, 0) is 41.5 Å². The van der Waals surface area contributed by atoms with Gasteiger partial charge in [-0.15, -0.1) is 0 Å². The zero-order chi connectivity index (χ0) is 12.4. The molecule has 0 saturated carbocycles. The molecule has 2 aromatic rings. The van der Waals surface area contributed by atoms with E-state index in [1.807, 2.05) is 0 Å². The smallest absolute Gasteiger partial charge is 0.131 e. The maximum absolute atomic E-state index is 13.7. The Hall–Kier alpha value is -1.45. The molecule has 2 rings (SSSR count). The van der Waals surface area contributed by atoms with Crippen LogP contribution in [0.5, 0.6) is 0 Å². The zero-order valence-corrected chi connectivity index (χ0v) is 9.64. The van der Waals surface area contributed by atoms with Gasteiger partial charge in [0.05, 0.1) is 0 Å². The van der Waals surface area contributed by atoms with Gasteiger partial charge in [-0.25, -0.2) is 8.78 Å². The van der Waals surface area contributed by atoms with Crippen LogP contribution in [-0.4, -0.2) is 0 Å². The second-order valence-corrected chi connectivity index (χ2v) is 4.07. The molecule has 0 amide bonds. The lowest BCUT2D eigenvalue weighted by Crippen LogP contribution is -2.00. The van der Waals surface area contributed by atoms with Crippen LogP contribution in [0.25, 0.3) is 11.1 Å². The molecule has 0 unspecified atom stereocenters. The number of nitrogens with two attached hydrogens (primary N) is 1. The summed E-state index contributed by atoms with van der Waals surface area (Å²) in [5, 5.41) is 0.459. The predicted octanol–water partition coefficient (Wildman–Crippen LogP) is 3.74. The summed E-state index contributed by atoms with van der Waals surface area (Å²) in [6, 6.07) is 8.27. The molecule has 88 valence electrons. The lowest BCUT2D eigenvalue weighted by atomic mass is 9.99. The minimum atomic E-state index is -0.497. The molecule has 0 saturated heterocycles. The first-order chi connectivity index (χ1) is 8.11. The Morgan fingerprint density at radius 2 is 1.76 bits per heavy atom. The van der Waals surface area contributed by atoms with E-state index in [4.69, 9.17) is 17.3 Å². The van der Waals surface area contributed by atoms with Gasteiger partial charge in [0.25, 0.3) is 0 Å². The Kier molecular flexibility index (Phi) is 3.41. The van der Waals surface area contributed by atoms with Crippen LogP contribution >= 0.6 is 11.6 Å². The van der Waals surface area contributed by atoms with Gasteiger partial charge >= 0.3 is 0 Å². The van der Waals surface area contributed by atoms with E-state index in [1.165, 1.54) is 0 Å². The molecule has 0 spiro atoms. The Morgan fingerprint density at radius 3 is 2.47 bits per heavy atom. The van der Waals surface area contributed by atoms with E-state index in [0.717, 1.165) is 23.8 Å². The highest BCUT2D eigenvalue weighted by atomic mass is 35.5. The van der Waals surface area contributed by atoms with Gasteiger partial charge in [0.1, 0.15) is 11.6 Å². The number of benzene rings is 2. The fourth-order valence-corrected chi connectivity index (χ4v) is 1.85. The zero-order valence-electron chi connectivity index (χ0n) is 8.88. The fourth-order valence-electron chi connectivity index (χ4n) is 1.68. The van der Waals surface area contributed by atoms with Crippen LogP contribution in [0.1, 0.15) is 5.56 Å². The van der Waals surface area contributed by atoms with Crippen LogP contribution in [0.3, 0.4) is 0 Å². The van der Waals surface area contributed by atoms with Gasteiger partial charge in [-0.1, -0.05) is 17.7 Å². The number of rotatable bonds is 2. The monoisotopic (exact) mass is 253 g/mol. The fraction of sp³-hybridized carbons (Fsp3) is 0.0769. The highest BCUT2D eigenvalue weighted by molar-refractivity contribution is 6.30. The number of hydrogen-bond acceptors (Lipinski definition) is 1. The van der Waals surface area contributed by atoms with Gasteiger partial charge < -0.3 is 5.73 Å². The first-order valence-corrected chi connectivity index (χ1v) is 5.43. The van der Waals surface area contributed by atoms with Crippen LogP contribution < -0.4 is 5.73 Å². The van der Waals surface area contributed by atoms with Gasteiger partial charge in [0.2, 0.25) is 0 Å². The Balaban J connectivity index is 2.66. The van der Waals surface area contributed by atoms with Crippen LogP contribution in [0.15, 0.2) is 36.4 Å². The van der Waals surface area contributed by atoms with E-state index < -0.39 is 11.6 Å². The molecule has 0 radical (unpaired) electrons. The van der Waals surface area contributed by atoms with E-state index in [9.17, 15) is 8.78 Å². The molecule has 0 atom stereocenters. The largest absolute Gasteiger partial charge is 0.326 e. The second kappa shape index (κ2) is 4.82. The average Bonchev–Trinajstić information content (AvgIpc) is 2.32. The summed E-state index contributed by atoms with van der Waals surface area (Å²) in [5.74, 6) is -0.993. The Labute approximate surface area is 103 Å². The van der Waals surface area contributed by atoms with Crippen molar-refractivity contribution in [2.24, 2.45) is 5.73 Å². The van der Waals surface area contributed by atoms with Crippen LogP contribution in [0.4, 0.5) is 8.78 Å². The standard InChI is InChI=1S/C13H10ClF2N/c14-9-2-1-8(7-17)11(5-9)12-6-10(15)3-4-13(12)16/h1-6H,7,17H2. The summed E-state index contributed by atoms with van der Waals surface area (Å²) in [6.07, 6.45) is 0. The average molecular weight is 254 g/mol. The molecule has 1 nitrogen and oxygen atoms in total. The molecule has 0 aliphatic carbocycles. The molecule has 0 aliphatic heterocycles. The first-order valence-electron chi connectivity index (χ1n) is 5.05. The molecule has 4 heteroatoms. The topological polar surface area (TPSA) is 26.0 Å². The second-order valence-electron chi connectivity index (χ2n) is 3.63. The Bertz CT molecular complexity index is 555. The highest BCUT2D eigenvalue weighted by Crippen LogP contribution is 2.29. The third-order valence-electron chi connectivity index (χ3n) is 2.51. The summed E-state index contributed by atoms with van der Waals surface area (Å²) in [6.45, 7) is 0.239. The van der Waals surface area contributed by atoms with Crippen molar-refractivity contribution in [3.8, 4) is 11.1 Å². The van der Waals surface area contributed by atoms with E-state index in [1.54, 1.807) is 18.2 Å².